The number of carboxylic acid groups (broad SMARTS) is 1. The number of alkyl carbamates (subject to hydrolysis) is 2. The number of amides is 4. The van der Waals surface area contributed by atoms with Gasteiger partial charge in [0.15, 0.2) is 0 Å². The zero-order valence-corrected chi connectivity index (χ0v) is 38.5. The van der Waals surface area contributed by atoms with Gasteiger partial charge in [-0.1, -0.05) is 17.7 Å². The van der Waals surface area contributed by atoms with Gasteiger partial charge < -0.3 is 55.8 Å². The van der Waals surface area contributed by atoms with Crippen LogP contribution in [0.5, 0.6) is 0 Å². The van der Waals surface area contributed by atoms with Gasteiger partial charge in [-0.25, -0.2) is 23.9 Å². The van der Waals surface area contributed by atoms with Gasteiger partial charge in [-0.05, 0) is 103 Å². The number of aromatic amines is 1. The average Bonchev–Trinajstić information content (AvgIpc) is 3.61. The first-order valence-corrected chi connectivity index (χ1v) is 21.8. The van der Waals surface area contributed by atoms with Crippen LogP contribution in [0, 0.1) is 12.7 Å². The number of carbonyl (C=O) groups excluding carboxylic acids is 4. The number of aromatic nitrogens is 3. The molecule has 1 aliphatic heterocycles. The van der Waals surface area contributed by atoms with Crippen molar-refractivity contribution in [1.82, 2.24) is 36.2 Å². The molecular formula is C45H59ClFN9O9. The Hall–Kier alpha value is -6.21. The number of rotatable bonds is 18. The van der Waals surface area contributed by atoms with Crippen LogP contribution >= 0.6 is 11.6 Å². The van der Waals surface area contributed by atoms with Gasteiger partial charge in [0.25, 0.3) is 0 Å². The number of pyridine rings is 1. The first-order valence-electron chi connectivity index (χ1n) is 21.4. The van der Waals surface area contributed by atoms with Crippen molar-refractivity contribution in [2.75, 3.05) is 56.2 Å². The number of hydrogen-bond donors (Lipinski definition) is 7. The predicted molar refractivity (Wildman–Crippen MR) is 244 cm³/mol. The van der Waals surface area contributed by atoms with Crippen molar-refractivity contribution in [3.63, 3.8) is 0 Å². The normalized spacial score (nSPS) is 13.8. The van der Waals surface area contributed by atoms with Crippen molar-refractivity contribution < 1.29 is 47.7 Å². The summed E-state index contributed by atoms with van der Waals surface area (Å²) in [6, 6.07) is 8.67. The van der Waals surface area contributed by atoms with Crippen LogP contribution in [0.25, 0.3) is 33.5 Å². The molecule has 352 valence electrons. The van der Waals surface area contributed by atoms with Crippen molar-refractivity contribution in [3.8, 4) is 22.5 Å². The summed E-state index contributed by atoms with van der Waals surface area (Å²) in [5.74, 6) is -1.74. The summed E-state index contributed by atoms with van der Waals surface area (Å²) in [4.78, 5) is 76.8. The van der Waals surface area contributed by atoms with Crippen LogP contribution in [0.3, 0.4) is 0 Å². The van der Waals surface area contributed by atoms with E-state index in [2.05, 4.69) is 36.5 Å². The van der Waals surface area contributed by atoms with Gasteiger partial charge >= 0.3 is 18.2 Å². The molecule has 0 saturated carbocycles. The number of H-pyrrole nitrogens is 1. The number of carboxylic acids is 1. The van der Waals surface area contributed by atoms with E-state index >= 15 is 4.39 Å². The lowest BCUT2D eigenvalue weighted by molar-refractivity contribution is -0.139. The summed E-state index contributed by atoms with van der Waals surface area (Å²) >= 11 is 6.36. The van der Waals surface area contributed by atoms with Gasteiger partial charge in [0.2, 0.25) is 11.8 Å². The lowest BCUT2D eigenvalue weighted by Crippen LogP contribution is -2.49. The number of fused-ring (bicyclic) bond motifs is 1. The summed E-state index contributed by atoms with van der Waals surface area (Å²) in [5, 5.41) is 23.7. The molecule has 1 saturated heterocycles. The molecule has 0 radical (unpaired) electrons. The molecule has 1 atom stereocenters. The zero-order chi connectivity index (χ0) is 47.5. The summed E-state index contributed by atoms with van der Waals surface area (Å²) in [6.45, 7) is 13.8. The average molecular weight is 924 g/mol. The largest absolute Gasteiger partial charge is 0.481 e. The number of anilines is 2. The molecule has 1 aliphatic rings. The molecule has 65 heavy (non-hydrogen) atoms. The quantitative estimate of drug-likeness (QED) is 0.0543. The molecular weight excluding hydrogens is 865 g/mol. The zero-order valence-electron chi connectivity index (χ0n) is 37.8. The SMILES string of the molecule is Cc1cc(F)cc(-c2cnc(NCCNC(=O)CCOCCNC(=O)[C@@H](CC(=O)O)NC(=O)OC(C)(C)C)c(-c3nc4ccc(Cl)cc4[nH]3)c2N2CCC(NC(=O)OC(C)(C)C)CC2)c1. The highest BCUT2D eigenvalue weighted by Gasteiger charge is 2.30. The molecule has 3 heterocycles. The van der Waals surface area contributed by atoms with Crippen molar-refractivity contribution in [3.05, 3.63) is 59.0 Å². The molecule has 7 N–H and O–H groups in total. The third-order valence-electron chi connectivity index (χ3n) is 9.76. The topological polar surface area (TPSA) is 238 Å². The molecule has 4 aromatic rings. The molecule has 0 bridgehead atoms. The van der Waals surface area contributed by atoms with E-state index in [-0.39, 0.29) is 51.2 Å². The highest BCUT2D eigenvalue weighted by molar-refractivity contribution is 6.31. The summed E-state index contributed by atoms with van der Waals surface area (Å²) < 4.78 is 31.1. The third kappa shape index (κ3) is 15.5. The summed E-state index contributed by atoms with van der Waals surface area (Å²) in [6.07, 6.45) is 0.868. The van der Waals surface area contributed by atoms with E-state index in [1.54, 1.807) is 39.1 Å². The van der Waals surface area contributed by atoms with E-state index in [1.165, 1.54) is 12.1 Å². The van der Waals surface area contributed by atoms with Crippen LogP contribution in [0.4, 0.5) is 25.5 Å². The fraction of sp³-hybridized carbons (Fsp3) is 0.489. The molecule has 2 aromatic carbocycles. The fourth-order valence-electron chi connectivity index (χ4n) is 7.05. The van der Waals surface area contributed by atoms with Gasteiger partial charge in [-0.15, -0.1) is 0 Å². The first kappa shape index (κ1) is 49.8. The fourth-order valence-corrected chi connectivity index (χ4v) is 7.23. The number of piperidine rings is 1. The van der Waals surface area contributed by atoms with Crippen LogP contribution in [0.2, 0.25) is 5.02 Å². The number of nitrogens with zero attached hydrogens (tertiary/aromatic N) is 3. The van der Waals surface area contributed by atoms with Gasteiger partial charge in [0.1, 0.15) is 34.7 Å². The van der Waals surface area contributed by atoms with Crippen molar-refractivity contribution in [1.29, 1.82) is 0 Å². The maximum absolute atomic E-state index is 15.0. The number of ether oxygens (including phenoxy) is 3. The second-order valence-corrected chi connectivity index (χ2v) is 18.1. The summed E-state index contributed by atoms with van der Waals surface area (Å²) in [7, 11) is 0. The Bertz CT molecular complexity index is 2320. The van der Waals surface area contributed by atoms with Gasteiger partial charge in [0, 0.05) is 62.0 Å². The number of imidazole rings is 1. The Morgan fingerprint density at radius 1 is 0.938 bits per heavy atom. The van der Waals surface area contributed by atoms with E-state index in [0.29, 0.717) is 70.3 Å². The van der Waals surface area contributed by atoms with Crippen molar-refractivity contribution in [2.24, 2.45) is 0 Å². The second kappa shape index (κ2) is 22.1. The monoisotopic (exact) mass is 923 g/mol. The van der Waals surface area contributed by atoms with Crippen LogP contribution in [0.15, 0.2) is 42.6 Å². The summed E-state index contributed by atoms with van der Waals surface area (Å²) in [5.41, 5.74) is 3.30. The highest BCUT2D eigenvalue weighted by atomic mass is 35.5. The molecule has 20 heteroatoms. The first-order chi connectivity index (χ1) is 30.6. The van der Waals surface area contributed by atoms with E-state index in [0.717, 1.165) is 11.3 Å². The highest BCUT2D eigenvalue weighted by Crippen LogP contribution is 2.44. The van der Waals surface area contributed by atoms with Crippen molar-refractivity contribution >= 4 is 64.1 Å². The Kier molecular flexibility index (Phi) is 16.9. The van der Waals surface area contributed by atoms with E-state index < -0.39 is 53.5 Å². The molecule has 2 aromatic heterocycles. The molecule has 0 aliphatic carbocycles. The minimum absolute atomic E-state index is 0.00463. The van der Waals surface area contributed by atoms with Crippen LogP contribution in [-0.2, 0) is 28.6 Å². The van der Waals surface area contributed by atoms with Gasteiger partial charge in [0.05, 0.1) is 41.9 Å². The van der Waals surface area contributed by atoms with Crippen LogP contribution in [-0.4, -0.2) is 119 Å². The maximum atomic E-state index is 15.0. The molecule has 18 nitrogen and oxygen atoms in total. The number of halogens is 2. The predicted octanol–water partition coefficient (Wildman–Crippen LogP) is 6.31. The second-order valence-electron chi connectivity index (χ2n) is 17.6. The number of aryl methyl sites for hydroxylation is 1. The molecule has 4 amide bonds. The maximum Gasteiger partial charge on any atom is 0.408 e. The molecule has 5 rings (SSSR count). The van der Waals surface area contributed by atoms with E-state index in [4.69, 9.17) is 35.8 Å². The molecule has 0 spiro atoms. The minimum atomic E-state index is -1.36. The standard InChI is InChI=1S/C45H59ClFN9O9/c1-26-20-27(22-29(47)21-26)31-25-51-39(49-14-13-48-35(57)12-18-63-19-15-50-41(60)34(24-36(58)59)55-43(62)65-45(5,6)7)37(40-53-32-9-8-28(46)23-33(32)54-40)38(31)56-16-10-30(11-17-56)52-42(61)64-44(2,3)4/h8-9,20-23,25,30,34H,10-19,24H2,1-7H3,(H,48,57)(H,49,51)(H,50,60)(H,52,61)(H,53,54)(H,55,62)(H,58,59)/t34-/m1/s1. The number of nitrogens with one attached hydrogen (secondary N) is 6. The Morgan fingerprint density at radius 3 is 2.32 bits per heavy atom. The van der Waals surface area contributed by atoms with Crippen LogP contribution < -0.4 is 31.5 Å². The Labute approximate surface area is 382 Å². The lowest BCUT2D eigenvalue weighted by atomic mass is 9.96. The Balaban J connectivity index is 1.25. The van der Waals surface area contributed by atoms with Gasteiger partial charge in [-0.3, -0.25) is 14.4 Å². The third-order valence-corrected chi connectivity index (χ3v) is 10.00. The Morgan fingerprint density at radius 2 is 1.65 bits per heavy atom. The molecule has 0 unspecified atom stereocenters. The van der Waals surface area contributed by atoms with Crippen molar-refractivity contribution in [2.45, 2.75) is 97.4 Å². The minimum Gasteiger partial charge on any atom is -0.481 e. The molecule has 1 fully saturated rings. The number of benzene rings is 2. The lowest BCUT2D eigenvalue weighted by Gasteiger charge is -2.36. The number of aliphatic carboxylic acids is 1. The van der Waals surface area contributed by atoms with E-state index in [9.17, 15) is 29.1 Å². The van der Waals surface area contributed by atoms with Gasteiger partial charge in [-0.2, -0.15) is 0 Å². The number of hydrogen-bond acceptors (Lipinski definition) is 12. The van der Waals surface area contributed by atoms with Crippen LogP contribution in [0.1, 0.15) is 72.8 Å². The van der Waals surface area contributed by atoms with E-state index in [1.807, 2.05) is 39.8 Å². The number of carbonyl (C=O) groups is 5. The smallest absolute Gasteiger partial charge is 0.408 e.